The van der Waals surface area contributed by atoms with Gasteiger partial charge in [-0.3, -0.25) is 9.59 Å². The summed E-state index contributed by atoms with van der Waals surface area (Å²) >= 11 is 1.44. The molecule has 3 nitrogen and oxygen atoms in total. The summed E-state index contributed by atoms with van der Waals surface area (Å²) in [5.41, 5.74) is 3.45. The van der Waals surface area contributed by atoms with E-state index in [0.717, 1.165) is 21.6 Å². The van der Waals surface area contributed by atoms with Crippen LogP contribution in [0.2, 0.25) is 0 Å². The normalized spacial score (nSPS) is 16.9. The Morgan fingerprint density at radius 3 is 2.80 bits per heavy atom. The minimum absolute atomic E-state index is 0.00555. The number of benzene rings is 1. The summed E-state index contributed by atoms with van der Waals surface area (Å²) in [5, 5.41) is 11.2. The number of fused-ring (bicyclic) bond motifs is 1. The highest BCUT2D eigenvalue weighted by Crippen LogP contribution is 2.36. The highest BCUT2D eigenvalue weighted by Gasteiger charge is 2.31. The number of carboxylic acid groups (broad SMARTS) is 1. The average molecular weight is 286 g/mol. The summed E-state index contributed by atoms with van der Waals surface area (Å²) in [7, 11) is 0. The van der Waals surface area contributed by atoms with Gasteiger partial charge >= 0.3 is 5.97 Å². The van der Waals surface area contributed by atoms with Crippen LogP contribution in [0.1, 0.15) is 44.3 Å². The highest BCUT2D eigenvalue weighted by atomic mass is 32.1. The second-order valence-electron chi connectivity index (χ2n) is 5.12. The van der Waals surface area contributed by atoms with Gasteiger partial charge in [-0.15, -0.1) is 11.3 Å². The van der Waals surface area contributed by atoms with Crippen molar-refractivity contribution in [2.45, 2.75) is 25.7 Å². The number of carbonyl (C=O) groups is 2. The van der Waals surface area contributed by atoms with Crippen molar-refractivity contribution in [3.05, 3.63) is 56.8 Å². The molecule has 0 fully saturated rings. The molecule has 1 heterocycles. The predicted molar refractivity (Wildman–Crippen MR) is 77.6 cm³/mol. The highest BCUT2D eigenvalue weighted by molar-refractivity contribution is 7.12. The largest absolute Gasteiger partial charge is 0.481 e. The smallest absolute Gasteiger partial charge is 0.310 e. The van der Waals surface area contributed by atoms with Crippen LogP contribution in [0.5, 0.6) is 0 Å². The van der Waals surface area contributed by atoms with E-state index in [0.29, 0.717) is 18.4 Å². The molecule has 1 N–H and O–H groups in total. The van der Waals surface area contributed by atoms with E-state index in [4.69, 9.17) is 0 Å². The fourth-order valence-corrected chi connectivity index (χ4v) is 3.66. The average Bonchev–Trinajstić information content (AvgIpc) is 3.03. The zero-order chi connectivity index (χ0) is 14.3. The van der Waals surface area contributed by atoms with Crippen LogP contribution in [-0.2, 0) is 11.2 Å². The Balaban J connectivity index is 2.04. The monoisotopic (exact) mass is 286 g/mol. The molecule has 0 amide bonds. The lowest BCUT2D eigenvalue weighted by molar-refractivity contribution is -0.138. The summed E-state index contributed by atoms with van der Waals surface area (Å²) in [5.74, 6) is -1.27. The van der Waals surface area contributed by atoms with Gasteiger partial charge in [0.05, 0.1) is 10.8 Å². The number of hydrogen-bond acceptors (Lipinski definition) is 3. The van der Waals surface area contributed by atoms with Crippen molar-refractivity contribution < 1.29 is 14.7 Å². The number of aryl methyl sites for hydroxylation is 1. The van der Waals surface area contributed by atoms with E-state index in [9.17, 15) is 14.7 Å². The molecule has 1 aliphatic carbocycles. The first kappa shape index (κ1) is 13.1. The van der Waals surface area contributed by atoms with Crippen LogP contribution in [0.3, 0.4) is 0 Å². The fourth-order valence-electron chi connectivity index (χ4n) is 2.81. The number of thiophene rings is 1. The first-order chi connectivity index (χ1) is 9.58. The van der Waals surface area contributed by atoms with Gasteiger partial charge in [0.1, 0.15) is 0 Å². The molecule has 1 aromatic heterocycles. The third-order valence-corrected chi connectivity index (χ3v) is 4.81. The third kappa shape index (κ3) is 2.06. The lowest BCUT2D eigenvalue weighted by atomic mass is 9.96. The molecule has 20 heavy (non-hydrogen) atoms. The number of carboxylic acids is 1. The Hall–Kier alpha value is -1.94. The van der Waals surface area contributed by atoms with E-state index in [1.807, 2.05) is 24.4 Å². The molecule has 2 aromatic rings. The maximum Gasteiger partial charge on any atom is 0.310 e. The van der Waals surface area contributed by atoms with Crippen molar-refractivity contribution in [2.75, 3.05) is 0 Å². The predicted octanol–water partition coefficient (Wildman–Crippen LogP) is 3.40. The molecule has 1 aromatic carbocycles. The van der Waals surface area contributed by atoms with Gasteiger partial charge in [0, 0.05) is 5.56 Å². The molecule has 0 spiro atoms. The van der Waals surface area contributed by atoms with Crippen LogP contribution in [0.15, 0.2) is 29.6 Å². The number of aliphatic carboxylic acids is 1. The molecule has 0 aliphatic heterocycles. The first-order valence-electron chi connectivity index (χ1n) is 6.52. The molecule has 4 heteroatoms. The molecule has 1 unspecified atom stereocenters. The summed E-state index contributed by atoms with van der Waals surface area (Å²) in [6.45, 7) is 1.96. The van der Waals surface area contributed by atoms with Gasteiger partial charge < -0.3 is 5.11 Å². The van der Waals surface area contributed by atoms with Gasteiger partial charge in [-0.05, 0) is 47.9 Å². The van der Waals surface area contributed by atoms with E-state index in [1.165, 1.54) is 11.3 Å². The second-order valence-corrected chi connectivity index (χ2v) is 6.03. The fraction of sp³-hybridized carbons (Fsp3) is 0.250. The molecule has 1 aliphatic rings. The minimum Gasteiger partial charge on any atom is -0.481 e. The summed E-state index contributed by atoms with van der Waals surface area (Å²) < 4.78 is 0. The van der Waals surface area contributed by atoms with Crippen LogP contribution >= 0.6 is 11.3 Å². The molecule has 3 rings (SSSR count). The van der Waals surface area contributed by atoms with E-state index in [-0.39, 0.29) is 5.78 Å². The molecular weight excluding hydrogens is 272 g/mol. The minimum atomic E-state index is -0.805. The number of ketones is 1. The topological polar surface area (TPSA) is 54.4 Å². The maximum atomic E-state index is 12.6. The van der Waals surface area contributed by atoms with Gasteiger partial charge in [0.2, 0.25) is 5.78 Å². The quantitative estimate of drug-likeness (QED) is 0.880. The van der Waals surface area contributed by atoms with Crippen molar-refractivity contribution in [3.8, 4) is 0 Å². The van der Waals surface area contributed by atoms with Crippen molar-refractivity contribution in [2.24, 2.45) is 0 Å². The van der Waals surface area contributed by atoms with Crippen LogP contribution in [0.25, 0.3) is 0 Å². The molecule has 0 saturated carbocycles. The number of rotatable bonds is 3. The van der Waals surface area contributed by atoms with Gasteiger partial charge in [-0.2, -0.15) is 0 Å². The van der Waals surface area contributed by atoms with E-state index in [2.05, 4.69) is 0 Å². The number of carbonyl (C=O) groups excluding carboxylic acids is 1. The molecule has 0 radical (unpaired) electrons. The summed E-state index contributed by atoms with van der Waals surface area (Å²) in [4.78, 5) is 24.5. The zero-order valence-corrected chi connectivity index (χ0v) is 11.9. The van der Waals surface area contributed by atoms with E-state index < -0.39 is 11.9 Å². The Morgan fingerprint density at radius 2 is 2.15 bits per heavy atom. The summed E-state index contributed by atoms with van der Waals surface area (Å²) in [6.07, 6.45) is 1.25. The Bertz CT molecular complexity index is 699. The van der Waals surface area contributed by atoms with Gasteiger partial charge in [0.25, 0.3) is 0 Å². The molecule has 1 atom stereocenters. The zero-order valence-electron chi connectivity index (χ0n) is 11.1. The lowest BCUT2D eigenvalue weighted by Crippen LogP contribution is -2.08. The van der Waals surface area contributed by atoms with Crippen molar-refractivity contribution in [1.82, 2.24) is 0 Å². The Morgan fingerprint density at radius 1 is 1.35 bits per heavy atom. The Labute approximate surface area is 120 Å². The Kier molecular flexibility index (Phi) is 3.18. The number of hydrogen-bond donors (Lipinski definition) is 1. The third-order valence-electron chi connectivity index (χ3n) is 3.77. The molecule has 0 bridgehead atoms. The van der Waals surface area contributed by atoms with Crippen LogP contribution in [-0.4, -0.2) is 16.9 Å². The van der Waals surface area contributed by atoms with Gasteiger partial charge in [0.15, 0.2) is 0 Å². The lowest BCUT2D eigenvalue weighted by Gasteiger charge is -2.08. The van der Waals surface area contributed by atoms with Gasteiger partial charge in [-0.25, -0.2) is 0 Å². The maximum absolute atomic E-state index is 12.6. The van der Waals surface area contributed by atoms with E-state index >= 15 is 0 Å². The molecular formula is C16H14O3S. The second kappa shape index (κ2) is 4.87. The van der Waals surface area contributed by atoms with Crippen LogP contribution in [0, 0.1) is 6.92 Å². The van der Waals surface area contributed by atoms with Crippen molar-refractivity contribution in [3.63, 3.8) is 0 Å². The molecule has 102 valence electrons. The summed E-state index contributed by atoms with van der Waals surface area (Å²) in [6, 6.07) is 7.31. The van der Waals surface area contributed by atoms with Crippen LogP contribution in [0.4, 0.5) is 0 Å². The van der Waals surface area contributed by atoms with Gasteiger partial charge in [-0.1, -0.05) is 18.2 Å². The first-order valence-corrected chi connectivity index (χ1v) is 7.40. The van der Waals surface area contributed by atoms with Crippen molar-refractivity contribution in [1.29, 1.82) is 0 Å². The molecule has 0 saturated heterocycles. The van der Waals surface area contributed by atoms with E-state index in [1.54, 1.807) is 12.1 Å². The standard InChI is InChI=1S/C16H14O3S/c1-9-7-14(20-8-9)15(17)12-4-2-3-10-11(12)5-6-13(10)16(18)19/h2-4,7-8,13H,5-6H2,1H3,(H,18,19). The van der Waals surface area contributed by atoms with Crippen molar-refractivity contribution >= 4 is 23.1 Å². The van der Waals surface area contributed by atoms with Crippen LogP contribution < -0.4 is 0 Å². The SMILES string of the molecule is Cc1csc(C(=O)c2cccc3c2CCC3C(=O)O)c1.